The summed E-state index contributed by atoms with van der Waals surface area (Å²) in [5.74, 6) is -0.193. The molecule has 3 nitrogen and oxygen atoms in total. The predicted octanol–water partition coefficient (Wildman–Crippen LogP) is 3.02. The minimum atomic E-state index is -4.40. The summed E-state index contributed by atoms with van der Waals surface area (Å²) in [6, 6.07) is 3.52. The van der Waals surface area contributed by atoms with E-state index in [9.17, 15) is 18.0 Å². The van der Waals surface area contributed by atoms with Gasteiger partial charge in [-0.2, -0.15) is 13.2 Å². The second-order valence-corrected chi connectivity index (χ2v) is 4.96. The number of carbonyl (C=O) groups is 1. The van der Waals surface area contributed by atoms with Crippen molar-refractivity contribution in [1.82, 2.24) is 0 Å². The van der Waals surface area contributed by atoms with Gasteiger partial charge in [0.1, 0.15) is 5.54 Å². The Morgan fingerprint density at radius 3 is 2.58 bits per heavy atom. The molecule has 0 bridgehead atoms. The fourth-order valence-corrected chi connectivity index (χ4v) is 2.73. The van der Waals surface area contributed by atoms with E-state index in [-0.39, 0.29) is 11.6 Å². The zero-order chi connectivity index (χ0) is 13.8. The molecule has 19 heavy (non-hydrogen) atoms. The number of rotatable bonds is 1. The number of benzene rings is 1. The number of fused-ring (bicyclic) bond motifs is 1. The Labute approximate surface area is 108 Å². The van der Waals surface area contributed by atoms with Crippen molar-refractivity contribution < 1.29 is 18.0 Å². The van der Waals surface area contributed by atoms with E-state index < -0.39 is 17.3 Å². The van der Waals surface area contributed by atoms with Crippen LogP contribution in [0.3, 0.4) is 0 Å². The lowest BCUT2D eigenvalue weighted by atomic mass is 10.0. The van der Waals surface area contributed by atoms with Crippen LogP contribution in [0, 0.1) is 0 Å². The highest BCUT2D eigenvalue weighted by atomic mass is 19.4. The number of nitrogens with zero attached hydrogens (tertiary/aromatic N) is 1. The Morgan fingerprint density at radius 2 is 2.05 bits per heavy atom. The standard InChI is InChI=1S/C13H13F3N2O/c1-2-18-10-4-3-8(13(14,15)16)7-9(10)17-11(19)12(18)5-6-12/h3-4,7H,2,5-6H2,1H3,(H,17,19). The fourth-order valence-electron chi connectivity index (χ4n) is 2.73. The van der Waals surface area contributed by atoms with Crippen molar-refractivity contribution in [2.45, 2.75) is 31.5 Å². The molecular formula is C13H13F3N2O. The summed E-state index contributed by atoms with van der Waals surface area (Å²) in [7, 11) is 0. The van der Waals surface area contributed by atoms with E-state index in [4.69, 9.17) is 0 Å². The van der Waals surface area contributed by atoms with Gasteiger partial charge >= 0.3 is 6.18 Å². The van der Waals surface area contributed by atoms with E-state index in [1.165, 1.54) is 6.07 Å². The van der Waals surface area contributed by atoms with E-state index in [2.05, 4.69) is 5.32 Å². The molecule has 6 heteroatoms. The molecule has 3 rings (SSSR count). The third-order valence-corrected chi connectivity index (χ3v) is 3.84. The van der Waals surface area contributed by atoms with Gasteiger partial charge in [-0.25, -0.2) is 0 Å². The van der Waals surface area contributed by atoms with Crippen molar-refractivity contribution in [3.63, 3.8) is 0 Å². The highest BCUT2D eigenvalue weighted by molar-refractivity contribution is 6.08. The molecule has 1 saturated carbocycles. The first-order valence-corrected chi connectivity index (χ1v) is 6.19. The largest absolute Gasteiger partial charge is 0.416 e. The van der Waals surface area contributed by atoms with Crippen molar-refractivity contribution in [3.8, 4) is 0 Å². The number of alkyl halides is 3. The topological polar surface area (TPSA) is 32.3 Å². The second kappa shape index (κ2) is 3.65. The Hall–Kier alpha value is -1.72. The first-order chi connectivity index (χ1) is 8.88. The molecule has 1 aromatic rings. The van der Waals surface area contributed by atoms with E-state index in [1.54, 1.807) is 0 Å². The molecule has 1 amide bonds. The maximum absolute atomic E-state index is 12.7. The molecular weight excluding hydrogens is 257 g/mol. The molecule has 0 atom stereocenters. The Kier molecular flexibility index (Phi) is 2.37. The molecule has 0 aromatic heterocycles. The van der Waals surface area contributed by atoms with Crippen LogP contribution in [-0.2, 0) is 11.0 Å². The Bertz CT molecular complexity index is 549. The van der Waals surface area contributed by atoms with Gasteiger partial charge in [0.25, 0.3) is 0 Å². The summed E-state index contributed by atoms with van der Waals surface area (Å²) < 4.78 is 38.0. The minimum absolute atomic E-state index is 0.193. The first kappa shape index (κ1) is 12.3. The molecule has 1 aliphatic heterocycles. The van der Waals surface area contributed by atoms with Gasteiger partial charge in [-0.3, -0.25) is 4.79 Å². The van der Waals surface area contributed by atoms with Gasteiger partial charge in [0.2, 0.25) is 5.91 Å². The lowest BCUT2D eigenvalue weighted by Gasteiger charge is -2.38. The molecule has 0 unspecified atom stereocenters. The monoisotopic (exact) mass is 270 g/mol. The molecule has 1 N–H and O–H groups in total. The first-order valence-electron chi connectivity index (χ1n) is 6.19. The Morgan fingerprint density at radius 1 is 1.37 bits per heavy atom. The molecule has 1 aromatic carbocycles. The Balaban J connectivity index is 2.08. The number of carbonyl (C=O) groups excluding carboxylic acids is 1. The summed E-state index contributed by atoms with van der Waals surface area (Å²) in [5.41, 5.74) is -0.345. The molecule has 0 saturated heterocycles. The third kappa shape index (κ3) is 1.69. The van der Waals surface area contributed by atoms with Crippen molar-refractivity contribution in [2.75, 3.05) is 16.8 Å². The average Bonchev–Trinajstić information content (AvgIpc) is 3.11. The van der Waals surface area contributed by atoms with Crippen LogP contribution in [0.25, 0.3) is 0 Å². The maximum atomic E-state index is 12.7. The summed E-state index contributed by atoms with van der Waals surface area (Å²) in [5, 5.41) is 2.61. The van der Waals surface area contributed by atoms with Gasteiger partial charge < -0.3 is 10.2 Å². The summed E-state index contributed by atoms with van der Waals surface area (Å²) >= 11 is 0. The van der Waals surface area contributed by atoms with Crippen LogP contribution in [-0.4, -0.2) is 18.0 Å². The van der Waals surface area contributed by atoms with E-state index in [0.717, 1.165) is 25.0 Å². The zero-order valence-corrected chi connectivity index (χ0v) is 10.3. The quantitative estimate of drug-likeness (QED) is 0.850. The number of hydrogen-bond acceptors (Lipinski definition) is 2. The van der Waals surface area contributed by atoms with Crippen molar-refractivity contribution in [1.29, 1.82) is 0 Å². The number of nitrogens with one attached hydrogen (secondary N) is 1. The molecule has 2 aliphatic rings. The number of halogens is 3. The lowest BCUT2D eigenvalue weighted by Crippen LogP contribution is -2.50. The minimum Gasteiger partial charge on any atom is -0.356 e. The zero-order valence-electron chi connectivity index (χ0n) is 10.3. The predicted molar refractivity (Wildman–Crippen MR) is 65.1 cm³/mol. The van der Waals surface area contributed by atoms with Gasteiger partial charge in [0.05, 0.1) is 16.9 Å². The number of likely N-dealkylation sites (N-methyl/N-ethyl adjacent to an activating group) is 1. The van der Waals surface area contributed by atoms with E-state index >= 15 is 0 Å². The number of hydrogen-bond donors (Lipinski definition) is 1. The van der Waals surface area contributed by atoms with Crippen LogP contribution < -0.4 is 10.2 Å². The van der Waals surface area contributed by atoms with E-state index in [1.807, 2.05) is 11.8 Å². The van der Waals surface area contributed by atoms with Gasteiger partial charge in [-0.15, -0.1) is 0 Å². The third-order valence-electron chi connectivity index (χ3n) is 3.84. The molecule has 1 aliphatic carbocycles. The van der Waals surface area contributed by atoms with Gasteiger partial charge in [-0.1, -0.05) is 0 Å². The van der Waals surface area contributed by atoms with Crippen LogP contribution in [0.4, 0.5) is 24.5 Å². The summed E-state index contributed by atoms with van der Waals surface area (Å²) in [6.07, 6.45) is -2.88. The van der Waals surface area contributed by atoms with Gasteiger partial charge in [-0.05, 0) is 38.0 Å². The SMILES string of the molecule is CCN1c2ccc(C(F)(F)F)cc2NC(=O)C12CC2. The second-order valence-electron chi connectivity index (χ2n) is 4.96. The molecule has 1 fully saturated rings. The van der Waals surface area contributed by atoms with Crippen LogP contribution >= 0.6 is 0 Å². The van der Waals surface area contributed by atoms with Crippen LogP contribution in [0.2, 0.25) is 0 Å². The summed E-state index contributed by atoms with van der Waals surface area (Å²) in [6.45, 7) is 2.51. The van der Waals surface area contributed by atoms with Crippen molar-refractivity contribution >= 4 is 17.3 Å². The number of amides is 1. The van der Waals surface area contributed by atoms with E-state index in [0.29, 0.717) is 12.2 Å². The molecule has 1 spiro atoms. The highest BCUT2D eigenvalue weighted by Gasteiger charge is 2.57. The smallest absolute Gasteiger partial charge is 0.356 e. The van der Waals surface area contributed by atoms with Crippen molar-refractivity contribution in [3.05, 3.63) is 23.8 Å². The number of anilines is 2. The van der Waals surface area contributed by atoms with Gasteiger partial charge in [0.15, 0.2) is 0 Å². The van der Waals surface area contributed by atoms with Crippen molar-refractivity contribution in [2.24, 2.45) is 0 Å². The molecule has 1 heterocycles. The fraction of sp³-hybridized carbons (Fsp3) is 0.462. The van der Waals surface area contributed by atoms with Gasteiger partial charge in [0, 0.05) is 6.54 Å². The van der Waals surface area contributed by atoms with Crippen LogP contribution in [0.1, 0.15) is 25.3 Å². The van der Waals surface area contributed by atoms with Crippen LogP contribution in [0.5, 0.6) is 0 Å². The molecule has 0 radical (unpaired) electrons. The lowest BCUT2D eigenvalue weighted by molar-refractivity contribution is -0.137. The molecule has 102 valence electrons. The normalized spacial score (nSPS) is 20.2. The highest BCUT2D eigenvalue weighted by Crippen LogP contribution is 2.50. The maximum Gasteiger partial charge on any atom is 0.416 e. The average molecular weight is 270 g/mol. The summed E-state index contributed by atoms with van der Waals surface area (Å²) in [4.78, 5) is 13.9. The van der Waals surface area contributed by atoms with Crippen LogP contribution in [0.15, 0.2) is 18.2 Å².